The van der Waals surface area contributed by atoms with Crippen molar-refractivity contribution in [3.8, 4) is 0 Å². The van der Waals surface area contributed by atoms with Crippen LogP contribution >= 0.6 is 0 Å². The fourth-order valence-corrected chi connectivity index (χ4v) is 2.45. The molecule has 0 aliphatic carbocycles. The van der Waals surface area contributed by atoms with Gasteiger partial charge in [-0.15, -0.1) is 0 Å². The molecular weight excluding hydrogens is 308 g/mol. The lowest BCUT2D eigenvalue weighted by molar-refractivity contribution is -0.122. The number of carbonyl (C=O) groups is 2. The lowest BCUT2D eigenvalue weighted by Gasteiger charge is -2.43. The van der Waals surface area contributed by atoms with Crippen molar-refractivity contribution in [1.82, 2.24) is 4.90 Å². The van der Waals surface area contributed by atoms with E-state index in [0.29, 0.717) is 5.56 Å². The summed E-state index contributed by atoms with van der Waals surface area (Å²) < 4.78 is 0. The van der Waals surface area contributed by atoms with Gasteiger partial charge in [0.05, 0.1) is 5.56 Å². The van der Waals surface area contributed by atoms with E-state index in [1.807, 2.05) is 26.0 Å². The number of hydrogen-bond donors (Lipinski definition) is 2. The second-order valence-electron chi connectivity index (χ2n) is 6.10. The first-order valence-electron chi connectivity index (χ1n) is 8.21. The van der Waals surface area contributed by atoms with Gasteiger partial charge in [0.15, 0.2) is 0 Å². The zero-order valence-electron chi connectivity index (χ0n) is 15.3. The second-order valence-corrected chi connectivity index (χ2v) is 6.10. The molecule has 0 amide bonds. The number of nitrogens with zero attached hydrogens (tertiary/aromatic N) is 2. The van der Waals surface area contributed by atoms with Crippen LogP contribution in [0, 0.1) is 0 Å². The highest BCUT2D eigenvalue weighted by Crippen LogP contribution is 2.21. The van der Waals surface area contributed by atoms with E-state index in [0.717, 1.165) is 31.9 Å². The summed E-state index contributed by atoms with van der Waals surface area (Å²) in [6.07, 6.45) is 0. The molecule has 0 unspecified atom stereocenters. The number of anilines is 1. The molecule has 1 aromatic carbocycles. The van der Waals surface area contributed by atoms with Crippen molar-refractivity contribution >= 4 is 18.1 Å². The van der Waals surface area contributed by atoms with Gasteiger partial charge in [-0.3, -0.25) is 9.69 Å². The fraction of sp³-hybridized carbons (Fsp3) is 0.556. The van der Waals surface area contributed by atoms with Gasteiger partial charge in [0.1, 0.15) is 0 Å². The van der Waals surface area contributed by atoms with Crippen LogP contribution in [0.1, 0.15) is 45.0 Å². The molecule has 1 heterocycles. The first-order chi connectivity index (χ1) is 11.3. The molecule has 0 atom stereocenters. The van der Waals surface area contributed by atoms with E-state index in [1.165, 1.54) is 0 Å². The Bertz CT molecular complexity index is 487. The molecule has 136 valence electrons. The lowest BCUT2D eigenvalue weighted by atomic mass is 10.0. The molecule has 0 spiro atoms. The predicted octanol–water partition coefficient (Wildman–Crippen LogP) is 3.03. The van der Waals surface area contributed by atoms with E-state index in [-0.39, 0.29) is 12.0 Å². The van der Waals surface area contributed by atoms with E-state index in [4.69, 9.17) is 15.0 Å². The van der Waals surface area contributed by atoms with Crippen molar-refractivity contribution in [3.05, 3.63) is 29.8 Å². The SMILES string of the molecule is CC.CC(C)(C)N1CCN(c2ccc(C(=O)O)cc2)CC1.O=CO. The quantitative estimate of drug-likeness (QED) is 0.807. The van der Waals surface area contributed by atoms with Gasteiger partial charge in [-0.2, -0.15) is 0 Å². The maximum absolute atomic E-state index is 10.8. The van der Waals surface area contributed by atoms with Crippen LogP contribution < -0.4 is 4.90 Å². The molecule has 1 saturated heterocycles. The largest absolute Gasteiger partial charge is 0.483 e. The smallest absolute Gasteiger partial charge is 0.335 e. The standard InChI is InChI=1S/C15H22N2O2.C2H6.CH2O2/c1-15(2,3)17-10-8-16(9-11-17)13-6-4-12(5-7-13)14(18)19;1-2;2-1-3/h4-7H,8-11H2,1-3H3,(H,18,19);1-2H3;1H,(H,2,3). The number of carboxylic acid groups (broad SMARTS) is 2. The van der Waals surface area contributed by atoms with Crippen LogP contribution in [0.15, 0.2) is 24.3 Å². The van der Waals surface area contributed by atoms with Crippen molar-refractivity contribution in [2.75, 3.05) is 31.1 Å². The zero-order valence-corrected chi connectivity index (χ0v) is 15.3. The number of piperazine rings is 1. The predicted molar refractivity (Wildman–Crippen MR) is 97.0 cm³/mol. The minimum Gasteiger partial charge on any atom is -0.483 e. The van der Waals surface area contributed by atoms with Crippen LogP contribution in [0.3, 0.4) is 0 Å². The zero-order chi connectivity index (χ0) is 18.8. The normalized spacial score (nSPS) is 14.6. The van der Waals surface area contributed by atoms with E-state index < -0.39 is 5.97 Å². The molecule has 0 bridgehead atoms. The fourth-order valence-electron chi connectivity index (χ4n) is 2.45. The summed E-state index contributed by atoms with van der Waals surface area (Å²) >= 11 is 0. The number of benzene rings is 1. The topological polar surface area (TPSA) is 81.1 Å². The minimum atomic E-state index is -0.871. The van der Waals surface area contributed by atoms with E-state index in [2.05, 4.69) is 30.6 Å². The molecule has 2 rings (SSSR count). The summed E-state index contributed by atoms with van der Waals surface area (Å²) in [5, 5.41) is 15.8. The van der Waals surface area contributed by atoms with Gasteiger partial charge in [0.25, 0.3) is 6.47 Å². The van der Waals surface area contributed by atoms with Gasteiger partial charge < -0.3 is 15.1 Å². The first-order valence-corrected chi connectivity index (χ1v) is 8.21. The summed E-state index contributed by atoms with van der Waals surface area (Å²) in [7, 11) is 0. The van der Waals surface area contributed by atoms with Gasteiger partial charge in [0, 0.05) is 37.4 Å². The van der Waals surface area contributed by atoms with Gasteiger partial charge >= 0.3 is 5.97 Å². The molecule has 1 aliphatic heterocycles. The van der Waals surface area contributed by atoms with E-state index in [1.54, 1.807) is 12.1 Å². The van der Waals surface area contributed by atoms with Crippen LogP contribution in [0.5, 0.6) is 0 Å². The maximum Gasteiger partial charge on any atom is 0.335 e. The third kappa shape index (κ3) is 7.00. The molecule has 0 radical (unpaired) electrons. The Kier molecular flexibility index (Phi) is 9.73. The van der Waals surface area contributed by atoms with Crippen molar-refractivity contribution in [2.24, 2.45) is 0 Å². The summed E-state index contributed by atoms with van der Waals surface area (Å²) in [5.74, 6) is -0.871. The molecule has 24 heavy (non-hydrogen) atoms. The Morgan fingerprint density at radius 2 is 1.46 bits per heavy atom. The molecule has 6 nitrogen and oxygen atoms in total. The van der Waals surface area contributed by atoms with Gasteiger partial charge in [0.2, 0.25) is 0 Å². The van der Waals surface area contributed by atoms with Crippen molar-refractivity contribution < 1.29 is 19.8 Å². The number of aromatic carboxylic acids is 1. The molecule has 1 fully saturated rings. The summed E-state index contributed by atoms with van der Waals surface area (Å²) in [6, 6.07) is 7.15. The number of carboxylic acids is 1. The van der Waals surface area contributed by atoms with Crippen molar-refractivity contribution in [1.29, 1.82) is 0 Å². The molecule has 1 aliphatic rings. The highest BCUT2D eigenvalue weighted by molar-refractivity contribution is 5.88. The Labute approximate surface area is 144 Å². The van der Waals surface area contributed by atoms with Gasteiger partial charge in [-0.1, -0.05) is 13.8 Å². The van der Waals surface area contributed by atoms with Crippen LogP contribution in [-0.2, 0) is 4.79 Å². The third-order valence-corrected chi connectivity index (χ3v) is 3.71. The molecule has 0 aromatic heterocycles. The van der Waals surface area contributed by atoms with Crippen LogP contribution in [-0.4, -0.2) is 59.3 Å². The molecular formula is C18H30N2O4. The monoisotopic (exact) mass is 338 g/mol. The Morgan fingerprint density at radius 3 is 1.79 bits per heavy atom. The maximum atomic E-state index is 10.8. The van der Waals surface area contributed by atoms with Crippen LogP contribution in [0.25, 0.3) is 0 Å². The summed E-state index contributed by atoms with van der Waals surface area (Å²) in [6.45, 7) is 14.5. The van der Waals surface area contributed by atoms with E-state index >= 15 is 0 Å². The highest BCUT2D eigenvalue weighted by atomic mass is 16.4. The summed E-state index contributed by atoms with van der Waals surface area (Å²) in [5.41, 5.74) is 1.68. The van der Waals surface area contributed by atoms with Crippen molar-refractivity contribution in [2.45, 2.75) is 40.2 Å². The average Bonchev–Trinajstić information content (AvgIpc) is 2.57. The molecule has 6 heteroatoms. The Hall–Kier alpha value is -2.08. The number of rotatable bonds is 2. The number of hydrogen-bond acceptors (Lipinski definition) is 4. The van der Waals surface area contributed by atoms with Gasteiger partial charge in [-0.25, -0.2) is 4.79 Å². The van der Waals surface area contributed by atoms with Crippen molar-refractivity contribution in [3.63, 3.8) is 0 Å². The Balaban J connectivity index is 0.000000952. The van der Waals surface area contributed by atoms with Crippen LogP contribution in [0.4, 0.5) is 5.69 Å². The minimum absolute atomic E-state index is 0.221. The highest BCUT2D eigenvalue weighted by Gasteiger charge is 2.25. The summed E-state index contributed by atoms with van der Waals surface area (Å²) in [4.78, 5) is 24.0. The van der Waals surface area contributed by atoms with Crippen LogP contribution in [0.2, 0.25) is 0 Å². The average molecular weight is 338 g/mol. The van der Waals surface area contributed by atoms with Gasteiger partial charge in [-0.05, 0) is 45.0 Å². The molecule has 0 saturated carbocycles. The molecule has 2 N–H and O–H groups in total. The lowest BCUT2D eigenvalue weighted by Crippen LogP contribution is -2.53. The second kappa shape index (κ2) is 10.6. The third-order valence-electron chi connectivity index (χ3n) is 3.71. The molecule has 1 aromatic rings. The first kappa shape index (κ1) is 21.9. The van der Waals surface area contributed by atoms with E-state index in [9.17, 15) is 4.79 Å². The Morgan fingerprint density at radius 1 is 1.04 bits per heavy atom.